The van der Waals surface area contributed by atoms with Crippen LogP contribution in [0, 0.1) is 5.92 Å². The number of β-amino-alcohol motifs (C(OH)–C–C–N with tert-alkyl or cyclic N) is 1. The van der Waals surface area contributed by atoms with E-state index in [1.807, 2.05) is 0 Å². The highest BCUT2D eigenvalue weighted by molar-refractivity contribution is 8.15. The smallest absolute Gasteiger partial charge is 0.266 e. The predicted molar refractivity (Wildman–Crippen MR) is 360 cm³/mol. The molecule has 548 valence electrons. The third-order valence-electron chi connectivity index (χ3n) is 19.5. The molecule has 18 N–H and O–H groups in total. The van der Waals surface area contributed by atoms with Gasteiger partial charge in [-0.1, -0.05) is 32.3 Å². The molecule has 0 bridgehead atoms. The van der Waals surface area contributed by atoms with Crippen LogP contribution in [0.1, 0.15) is 94.0 Å². The van der Waals surface area contributed by atoms with Crippen molar-refractivity contribution in [3.8, 4) is 11.5 Å². The van der Waals surface area contributed by atoms with Crippen LogP contribution in [0.15, 0.2) is 66.7 Å². The number of phenols is 1. The van der Waals surface area contributed by atoms with Crippen molar-refractivity contribution in [3.63, 3.8) is 0 Å². The molecule has 5 heterocycles. The van der Waals surface area contributed by atoms with Crippen molar-refractivity contribution in [2.24, 2.45) is 5.92 Å². The number of nitrogens with zero attached hydrogens (tertiary/aromatic N) is 5. The topological polar surface area (TPSA) is 469 Å². The summed E-state index contributed by atoms with van der Waals surface area (Å²) in [5.74, 6) is -10.3. The lowest BCUT2D eigenvalue weighted by atomic mass is 9.97. The Kier molecular flexibility index (Phi) is 26.4. The Morgan fingerprint density at radius 2 is 1.21 bits per heavy atom. The van der Waals surface area contributed by atoms with Gasteiger partial charge in [-0.3, -0.25) is 47.2 Å². The number of amides is 7. The highest BCUT2D eigenvalue weighted by atomic mass is 32.3. The molecule has 3 aromatic carbocycles. The number of phenolic OH excluding ortho intramolecular Hbond substituents is 1. The zero-order valence-electron chi connectivity index (χ0n) is 55.5. The number of hydrogen-bond acceptors (Lipinski definition) is 25. The van der Waals surface area contributed by atoms with Crippen molar-refractivity contribution >= 4 is 69.6 Å². The van der Waals surface area contributed by atoms with Crippen molar-refractivity contribution in [3.05, 3.63) is 77.9 Å². The first-order valence-corrected chi connectivity index (χ1v) is 35.4. The van der Waals surface area contributed by atoms with Gasteiger partial charge in [-0.25, -0.2) is 0 Å². The van der Waals surface area contributed by atoms with Gasteiger partial charge in [-0.05, 0) is 112 Å². The van der Waals surface area contributed by atoms with Gasteiger partial charge in [-0.2, -0.15) is 0 Å². The van der Waals surface area contributed by atoms with Crippen LogP contribution >= 0.6 is 11.2 Å². The van der Waals surface area contributed by atoms with E-state index in [4.69, 9.17) is 4.74 Å². The maximum Gasteiger partial charge on any atom is 0.266 e. The third-order valence-corrected chi connectivity index (χ3v) is 19.9. The highest BCUT2D eigenvalue weighted by Crippen LogP contribution is 2.41. The predicted octanol–water partition coefficient (Wildman–Crippen LogP) is -2.16. The number of aromatic hydroxyl groups is 1. The van der Waals surface area contributed by atoms with Gasteiger partial charge in [0.15, 0.2) is 11.5 Å². The van der Waals surface area contributed by atoms with Crippen molar-refractivity contribution in [2.45, 2.75) is 176 Å². The lowest BCUT2D eigenvalue weighted by Crippen LogP contribution is -2.64. The molecule has 33 heteroatoms. The maximum atomic E-state index is 15.0. The van der Waals surface area contributed by atoms with Crippen LogP contribution in [0.5, 0.6) is 11.5 Å². The summed E-state index contributed by atoms with van der Waals surface area (Å²) < 4.78 is 39.9. The summed E-state index contributed by atoms with van der Waals surface area (Å²) in [5.41, 5.74) is 3.12. The summed E-state index contributed by atoms with van der Waals surface area (Å²) in [6, 6.07) is 5.85. The van der Waals surface area contributed by atoms with Crippen LogP contribution in [0.3, 0.4) is 0 Å². The molecule has 32 nitrogen and oxygen atoms in total. The van der Waals surface area contributed by atoms with Crippen LogP contribution in [0.25, 0.3) is 0 Å². The van der Waals surface area contributed by atoms with Crippen molar-refractivity contribution < 1.29 is 102 Å². The minimum atomic E-state index is -4.74. The summed E-state index contributed by atoms with van der Waals surface area (Å²) in [4.78, 5) is 111. The van der Waals surface area contributed by atoms with Crippen LogP contribution in [0.4, 0.5) is 17.1 Å². The number of rotatable bonds is 20. The molecule has 0 aromatic heterocycles. The number of carbonyl (C=O) groups excluding carboxylic acids is 7. The average molecular weight is 1410 g/mol. The molecule has 0 radical (unpaired) electrons. The first-order valence-electron chi connectivity index (χ1n) is 34.0. The second-order valence-electron chi connectivity index (χ2n) is 26.8. The standard InChI is InChI=1S/C66H97N11O21S/c1-37-33-77-58(59(37)86)64(91)68-32-45(81)30-49(69-60(87)40-9-11-42(12-10-40)74-24-26-75(27-25-74)44-15-13-43(14-16-44)73-22-19-48(20-23-73)97-47-6-4-3-5-7-47)61(88)70-55(38(2)80)65(92)76-34-46(82)31-50(76)62(89)71-56(53(85)28-39-8-17-51(83)54(29-39)98-99(94,95)96)63(90)72-57(66(77)93)52(84)18-21-67-41(35-78)36-79/h8-17,29,37-38,41,45-50,52-53,55-59,67,78-86,94-96H,3-7,18-28,30-36H2,1-2H3,(H,68,91)(H,69,87)(H,70,88)(H,71,89)(H,72,90)/t37-,38+,45+,46+,49?,50-,52+,53+,55-,56-,57-,58-,59-/m0/s1. The first kappa shape index (κ1) is 76.0. The van der Waals surface area contributed by atoms with E-state index in [1.165, 1.54) is 37.9 Å². The summed E-state index contributed by atoms with van der Waals surface area (Å²) in [6.07, 6.45) is -4.07. The molecular formula is C66H97N11O21S. The Labute approximate surface area is 575 Å². The van der Waals surface area contributed by atoms with E-state index in [0.717, 1.165) is 79.0 Å². The van der Waals surface area contributed by atoms with Crippen molar-refractivity contribution in [1.82, 2.24) is 41.7 Å². The minimum absolute atomic E-state index is 0.0565. The molecule has 6 fully saturated rings. The van der Waals surface area contributed by atoms with E-state index in [2.05, 4.69) is 75.0 Å². The van der Waals surface area contributed by atoms with Crippen LogP contribution in [-0.4, -0.2) is 281 Å². The molecule has 5 aliphatic heterocycles. The number of ether oxygens (including phenoxy) is 1. The van der Waals surface area contributed by atoms with Crippen molar-refractivity contribution in [1.29, 1.82) is 0 Å². The molecule has 1 saturated carbocycles. The second kappa shape index (κ2) is 34.4. The zero-order chi connectivity index (χ0) is 71.4. The number of piperazine rings is 1. The van der Waals surface area contributed by atoms with Gasteiger partial charge < -0.3 is 111 Å². The van der Waals surface area contributed by atoms with Gasteiger partial charge in [0.1, 0.15) is 36.3 Å². The molecule has 9 rings (SSSR count). The molecule has 13 atom stereocenters. The fraction of sp³-hybridized carbons (Fsp3) is 0.621. The van der Waals surface area contributed by atoms with E-state index in [-0.39, 0.29) is 24.2 Å². The summed E-state index contributed by atoms with van der Waals surface area (Å²) in [6.45, 7) is 4.26. The molecule has 0 spiro atoms. The maximum absolute atomic E-state index is 15.0. The van der Waals surface area contributed by atoms with Gasteiger partial charge in [0.2, 0.25) is 35.4 Å². The number of piperidine rings is 1. The number of carbonyl (C=O) groups is 7. The number of aliphatic hydroxyl groups is 8. The number of hydrogen-bond donors (Lipinski definition) is 18. The van der Waals surface area contributed by atoms with Gasteiger partial charge in [0, 0.05) is 107 Å². The Morgan fingerprint density at radius 3 is 1.81 bits per heavy atom. The van der Waals surface area contributed by atoms with Crippen LogP contribution in [0.2, 0.25) is 0 Å². The Bertz CT molecular complexity index is 3220. The summed E-state index contributed by atoms with van der Waals surface area (Å²) >= 11 is -4.74. The Morgan fingerprint density at radius 1 is 0.646 bits per heavy atom. The highest BCUT2D eigenvalue weighted by Gasteiger charge is 2.50. The molecule has 3 aromatic rings. The van der Waals surface area contributed by atoms with Crippen LogP contribution < -0.4 is 50.8 Å². The SMILES string of the molecule is C[C@@H](O)[C@@H]1NC(=O)C(NC(=O)c2ccc(N3CCN(c4ccc(N5CCC(OC6CCCCC6)CC5)cc4)CC3)cc2)C[C@@H](O)CNC(=O)[C@@H]2[C@@H](O)[C@@H](C)CN2C(=O)[C@H]([C@H](O)CCNC(CO)CO)NC(=O)[C@H]([C@H](O)Cc2ccc(O)c(OS(O)(O)O)c2)NC(=O)[C@@H]2C[C@@H](O)CN2C1=O. The van der Waals surface area contributed by atoms with Gasteiger partial charge >= 0.3 is 0 Å². The molecule has 6 aliphatic rings. The van der Waals surface area contributed by atoms with E-state index in [0.29, 0.717) is 38.4 Å². The molecule has 1 unspecified atom stereocenters. The number of aliphatic hydroxyl groups excluding tert-OH is 8. The largest absolute Gasteiger partial charge is 0.504 e. The molecule has 5 saturated heterocycles. The van der Waals surface area contributed by atoms with E-state index in [1.54, 1.807) is 24.3 Å². The van der Waals surface area contributed by atoms with Gasteiger partial charge in [-0.15, -0.1) is 0 Å². The van der Waals surface area contributed by atoms with Crippen molar-refractivity contribution in [2.75, 3.05) is 93.4 Å². The zero-order valence-corrected chi connectivity index (χ0v) is 56.4. The lowest BCUT2D eigenvalue weighted by Gasteiger charge is -2.38. The molecular weight excluding hydrogens is 1310 g/mol. The second-order valence-corrected chi connectivity index (χ2v) is 27.9. The summed E-state index contributed by atoms with van der Waals surface area (Å²) in [5, 5.41) is 114. The van der Waals surface area contributed by atoms with E-state index >= 15 is 0 Å². The number of benzene rings is 3. The van der Waals surface area contributed by atoms with Crippen LogP contribution in [-0.2, 0) is 39.9 Å². The summed E-state index contributed by atoms with van der Waals surface area (Å²) in [7, 11) is 0. The van der Waals surface area contributed by atoms with E-state index in [9.17, 15) is 93.2 Å². The monoisotopic (exact) mass is 1410 g/mol. The fourth-order valence-electron chi connectivity index (χ4n) is 13.8. The fourth-order valence-corrected chi connectivity index (χ4v) is 14.2. The average Bonchev–Trinajstić information content (AvgIpc) is 1.71. The normalized spacial score (nSPS) is 27.5. The van der Waals surface area contributed by atoms with Gasteiger partial charge in [0.25, 0.3) is 17.1 Å². The van der Waals surface area contributed by atoms with Gasteiger partial charge in [0.05, 0.1) is 68.1 Å². The minimum Gasteiger partial charge on any atom is -0.504 e. The quantitative estimate of drug-likeness (QED) is 0.0573. The number of anilines is 3. The Hall–Kier alpha value is -7.22. The number of fused-ring (bicyclic) bond motifs is 2. The molecule has 1 aliphatic carbocycles. The molecule has 99 heavy (non-hydrogen) atoms. The number of nitrogens with one attached hydrogen (secondary N) is 6. The molecule has 7 amide bonds. The third kappa shape index (κ3) is 19.9. The lowest BCUT2D eigenvalue weighted by molar-refractivity contribution is -0.147. The Balaban J connectivity index is 0.935. The first-order chi connectivity index (χ1) is 47.2. The van der Waals surface area contributed by atoms with E-state index < -0.39 is 201 Å².